The standard InChI is InChI=1S/C15H24N2O3/c1-18-9-10-19-7-2-8-20-15-5-6-16-14(11-15)12-17-13-3-4-13/h5-6,11,13,17H,2-4,7-10,12H2,1H3. The van der Waals surface area contributed by atoms with Crippen LogP contribution in [0.2, 0.25) is 0 Å². The van der Waals surface area contributed by atoms with Crippen molar-refractivity contribution in [3.63, 3.8) is 0 Å². The van der Waals surface area contributed by atoms with Crippen LogP contribution >= 0.6 is 0 Å². The Morgan fingerprint density at radius 1 is 1.25 bits per heavy atom. The lowest BCUT2D eigenvalue weighted by Crippen LogP contribution is -2.16. The number of hydrogen-bond acceptors (Lipinski definition) is 5. The molecule has 2 rings (SSSR count). The van der Waals surface area contributed by atoms with Crippen LogP contribution in [0, 0.1) is 0 Å². The highest BCUT2D eigenvalue weighted by Crippen LogP contribution is 2.19. The fourth-order valence-corrected chi connectivity index (χ4v) is 1.77. The molecular formula is C15H24N2O3. The van der Waals surface area contributed by atoms with Gasteiger partial charge in [-0.3, -0.25) is 4.98 Å². The van der Waals surface area contributed by atoms with Crippen LogP contribution in [0.5, 0.6) is 5.75 Å². The smallest absolute Gasteiger partial charge is 0.122 e. The number of methoxy groups -OCH3 is 1. The maximum absolute atomic E-state index is 5.70. The molecule has 5 nitrogen and oxygen atoms in total. The minimum Gasteiger partial charge on any atom is -0.493 e. The van der Waals surface area contributed by atoms with Gasteiger partial charge in [-0.1, -0.05) is 0 Å². The minimum absolute atomic E-state index is 0.641. The number of nitrogens with zero attached hydrogens (tertiary/aromatic N) is 1. The number of pyridine rings is 1. The summed E-state index contributed by atoms with van der Waals surface area (Å²) < 4.78 is 16.0. The third-order valence-electron chi connectivity index (χ3n) is 3.07. The van der Waals surface area contributed by atoms with Gasteiger partial charge in [0.05, 0.1) is 25.5 Å². The molecule has 1 N–H and O–H groups in total. The Bertz CT molecular complexity index is 383. The zero-order valence-corrected chi connectivity index (χ0v) is 12.1. The zero-order chi connectivity index (χ0) is 14.0. The van der Waals surface area contributed by atoms with Gasteiger partial charge in [0.25, 0.3) is 0 Å². The van der Waals surface area contributed by atoms with Gasteiger partial charge in [-0.25, -0.2) is 0 Å². The number of nitrogens with one attached hydrogen (secondary N) is 1. The van der Waals surface area contributed by atoms with E-state index in [0.29, 0.717) is 32.5 Å². The van der Waals surface area contributed by atoms with Gasteiger partial charge in [0, 0.05) is 45.0 Å². The fraction of sp³-hybridized carbons (Fsp3) is 0.667. The van der Waals surface area contributed by atoms with E-state index in [0.717, 1.165) is 24.4 Å². The van der Waals surface area contributed by atoms with E-state index in [-0.39, 0.29) is 0 Å². The van der Waals surface area contributed by atoms with Crippen molar-refractivity contribution < 1.29 is 14.2 Å². The Labute approximate surface area is 120 Å². The Hall–Kier alpha value is -1.17. The molecule has 1 heterocycles. The highest BCUT2D eigenvalue weighted by Gasteiger charge is 2.20. The first-order valence-corrected chi connectivity index (χ1v) is 7.26. The van der Waals surface area contributed by atoms with Crippen LogP contribution in [0.1, 0.15) is 25.0 Å². The Balaban J connectivity index is 1.58. The van der Waals surface area contributed by atoms with E-state index in [2.05, 4.69) is 10.3 Å². The van der Waals surface area contributed by atoms with Crippen LogP contribution < -0.4 is 10.1 Å². The summed E-state index contributed by atoms with van der Waals surface area (Å²) >= 11 is 0. The van der Waals surface area contributed by atoms with Crippen LogP contribution in [-0.4, -0.2) is 44.6 Å². The Morgan fingerprint density at radius 2 is 2.15 bits per heavy atom. The second kappa shape index (κ2) is 8.89. The van der Waals surface area contributed by atoms with Crippen molar-refractivity contribution in [2.24, 2.45) is 0 Å². The quantitative estimate of drug-likeness (QED) is 0.626. The predicted octanol–water partition coefficient (Wildman–Crippen LogP) is 1.77. The van der Waals surface area contributed by atoms with E-state index in [9.17, 15) is 0 Å². The second-order valence-electron chi connectivity index (χ2n) is 4.95. The zero-order valence-electron chi connectivity index (χ0n) is 12.1. The molecule has 0 amide bonds. The molecular weight excluding hydrogens is 256 g/mol. The van der Waals surface area contributed by atoms with E-state index in [1.165, 1.54) is 12.8 Å². The number of hydrogen-bond donors (Lipinski definition) is 1. The molecule has 0 spiro atoms. The van der Waals surface area contributed by atoms with Gasteiger partial charge >= 0.3 is 0 Å². The fourth-order valence-electron chi connectivity index (χ4n) is 1.77. The van der Waals surface area contributed by atoms with Crippen LogP contribution in [0.25, 0.3) is 0 Å². The van der Waals surface area contributed by atoms with Crippen molar-refractivity contribution >= 4 is 0 Å². The third-order valence-corrected chi connectivity index (χ3v) is 3.07. The largest absolute Gasteiger partial charge is 0.493 e. The van der Waals surface area contributed by atoms with Gasteiger partial charge in [-0.05, 0) is 18.9 Å². The molecule has 1 aliphatic carbocycles. The summed E-state index contributed by atoms with van der Waals surface area (Å²) in [5.41, 5.74) is 1.03. The molecule has 0 radical (unpaired) electrons. The maximum Gasteiger partial charge on any atom is 0.122 e. The van der Waals surface area contributed by atoms with Gasteiger partial charge < -0.3 is 19.5 Å². The van der Waals surface area contributed by atoms with Crippen molar-refractivity contribution in [3.05, 3.63) is 24.0 Å². The van der Waals surface area contributed by atoms with Gasteiger partial charge in [-0.15, -0.1) is 0 Å². The summed E-state index contributed by atoms with van der Waals surface area (Å²) in [4.78, 5) is 4.34. The van der Waals surface area contributed by atoms with Crippen molar-refractivity contribution in [3.8, 4) is 5.75 Å². The third kappa shape index (κ3) is 6.32. The van der Waals surface area contributed by atoms with Gasteiger partial charge in [0.15, 0.2) is 0 Å². The average Bonchev–Trinajstić information content (AvgIpc) is 3.29. The maximum atomic E-state index is 5.70. The average molecular weight is 280 g/mol. The summed E-state index contributed by atoms with van der Waals surface area (Å²) in [5.74, 6) is 0.879. The highest BCUT2D eigenvalue weighted by atomic mass is 16.5. The highest BCUT2D eigenvalue weighted by molar-refractivity contribution is 5.22. The molecule has 0 aliphatic heterocycles. The lowest BCUT2D eigenvalue weighted by atomic mass is 10.3. The molecule has 0 saturated heterocycles. The van der Waals surface area contributed by atoms with E-state index in [4.69, 9.17) is 14.2 Å². The van der Waals surface area contributed by atoms with Crippen molar-refractivity contribution in [2.75, 3.05) is 33.5 Å². The predicted molar refractivity (Wildman–Crippen MR) is 76.9 cm³/mol. The molecule has 1 aliphatic rings. The molecule has 112 valence electrons. The summed E-state index contributed by atoms with van der Waals surface area (Å²) in [5, 5.41) is 3.45. The topological polar surface area (TPSA) is 52.6 Å². The van der Waals surface area contributed by atoms with Crippen molar-refractivity contribution in [2.45, 2.75) is 31.8 Å². The second-order valence-corrected chi connectivity index (χ2v) is 4.95. The molecule has 1 fully saturated rings. The summed E-state index contributed by atoms with van der Waals surface area (Å²) in [6, 6.07) is 4.60. The van der Waals surface area contributed by atoms with Gasteiger partial charge in [0.1, 0.15) is 5.75 Å². The molecule has 0 bridgehead atoms. The van der Waals surface area contributed by atoms with Crippen LogP contribution in [0.15, 0.2) is 18.3 Å². The molecule has 20 heavy (non-hydrogen) atoms. The normalized spacial score (nSPS) is 14.4. The lowest BCUT2D eigenvalue weighted by Gasteiger charge is -2.08. The lowest BCUT2D eigenvalue weighted by molar-refractivity contribution is 0.0644. The number of ether oxygens (including phenoxy) is 3. The summed E-state index contributed by atoms with van der Waals surface area (Å²) in [6.07, 6.45) is 5.26. The first-order valence-electron chi connectivity index (χ1n) is 7.26. The summed E-state index contributed by atoms with van der Waals surface area (Å²) in [6.45, 7) is 3.46. The van der Waals surface area contributed by atoms with E-state index >= 15 is 0 Å². The van der Waals surface area contributed by atoms with Crippen molar-refractivity contribution in [1.29, 1.82) is 0 Å². The van der Waals surface area contributed by atoms with E-state index < -0.39 is 0 Å². The molecule has 0 atom stereocenters. The summed E-state index contributed by atoms with van der Waals surface area (Å²) in [7, 11) is 1.67. The Kier molecular flexibility index (Phi) is 6.77. The minimum atomic E-state index is 0.641. The van der Waals surface area contributed by atoms with Crippen LogP contribution in [0.3, 0.4) is 0 Å². The van der Waals surface area contributed by atoms with Crippen LogP contribution in [-0.2, 0) is 16.0 Å². The SMILES string of the molecule is COCCOCCCOc1ccnc(CNC2CC2)c1. The number of aromatic nitrogens is 1. The number of rotatable bonds is 11. The van der Waals surface area contributed by atoms with E-state index in [1.807, 2.05) is 12.1 Å². The van der Waals surface area contributed by atoms with Crippen molar-refractivity contribution in [1.82, 2.24) is 10.3 Å². The molecule has 1 aromatic rings. The van der Waals surface area contributed by atoms with Gasteiger partial charge in [0.2, 0.25) is 0 Å². The monoisotopic (exact) mass is 280 g/mol. The molecule has 0 aromatic carbocycles. The van der Waals surface area contributed by atoms with E-state index in [1.54, 1.807) is 13.3 Å². The van der Waals surface area contributed by atoms with Gasteiger partial charge in [-0.2, -0.15) is 0 Å². The molecule has 5 heteroatoms. The molecule has 1 saturated carbocycles. The molecule has 1 aromatic heterocycles. The van der Waals surface area contributed by atoms with Crippen LogP contribution in [0.4, 0.5) is 0 Å². The molecule has 0 unspecified atom stereocenters. The first kappa shape index (κ1) is 15.2. The Morgan fingerprint density at radius 3 is 2.95 bits per heavy atom. The first-order chi connectivity index (χ1) is 9.88.